The van der Waals surface area contributed by atoms with Gasteiger partial charge in [-0.2, -0.15) is 0 Å². The first kappa shape index (κ1) is 14.1. The molecule has 1 aromatic heterocycles. The van der Waals surface area contributed by atoms with Gasteiger partial charge in [0.15, 0.2) is 0 Å². The van der Waals surface area contributed by atoms with E-state index in [0.717, 1.165) is 17.9 Å². The van der Waals surface area contributed by atoms with E-state index < -0.39 is 0 Å². The van der Waals surface area contributed by atoms with Gasteiger partial charge in [-0.1, -0.05) is 18.2 Å². The monoisotopic (exact) mass is 302 g/mol. The number of thioether (sulfide) groups is 1. The van der Waals surface area contributed by atoms with Gasteiger partial charge in [0, 0.05) is 17.7 Å². The van der Waals surface area contributed by atoms with E-state index in [4.69, 9.17) is 4.42 Å². The van der Waals surface area contributed by atoms with E-state index in [1.807, 2.05) is 36.0 Å². The van der Waals surface area contributed by atoms with Gasteiger partial charge in [0.2, 0.25) is 0 Å². The van der Waals surface area contributed by atoms with Crippen LogP contribution in [0.5, 0.6) is 0 Å². The number of nitrogens with one attached hydrogen (secondary N) is 1. The molecule has 0 aliphatic carbocycles. The maximum atomic E-state index is 12.3. The summed E-state index contributed by atoms with van der Waals surface area (Å²) in [5.74, 6) is 1.82. The number of urea groups is 1. The van der Waals surface area contributed by atoms with E-state index in [-0.39, 0.29) is 12.1 Å². The van der Waals surface area contributed by atoms with Crippen LogP contribution < -0.4 is 5.32 Å². The fourth-order valence-corrected chi connectivity index (χ4v) is 3.58. The maximum absolute atomic E-state index is 12.3. The fourth-order valence-electron chi connectivity index (χ4n) is 2.46. The molecule has 2 aromatic rings. The first-order chi connectivity index (χ1) is 10.2. The molecule has 0 fully saturated rings. The number of hydrogen-bond donors (Lipinski definition) is 1. The minimum atomic E-state index is -0.0712. The van der Waals surface area contributed by atoms with E-state index in [2.05, 4.69) is 17.4 Å². The molecule has 2 heterocycles. The maximum Gasteiger partial charge on any atom is 0.318 e. The van der Waals surface area contributed by atoms with Gasteiger partial charge < -0.3 is 14.6 Å². The lowest BCUT2D eigenvalue weighted by molar-refractivity contribution is 0.198. The van der Waals surface area contributed by atoms with Crippen LogP contribution in [0.2, 0.25) is 0 Å². The number of hydrogen-bond acceptors (Lipinski definition) is 3. The van der Waals surface area contributed by atoms with Gasteiger partial charge in [-0.25, -0.2) is 4.79 Å². The summed E-state index contributed by atoms with van der Waals surface area (Å²) >= 11 is 1.85. The van der Waals surface area contributed by atoms with Crippen molar-refractivity contribution in [3.8, 4) is 0 Å². The van der Waals surface area contributed by atoms with E-state index in [1.54, 1.807) is 18.2 Å². The summed E-state index contributed by atoms with van der Waals surface area (Å²) in [6.45, 7) is 0.474. The average Bonchev–Trinajstić information content (AvgIpc) is 3.00. The van der Waals surface area contributed by atoms with E-state index in [0.29, 0.717) is 6.54 Å². The first-order valence-corrected chi connectivity index (χ1v) is 7.98. The highest BCUT2D eigenvalue weighted by molar-refractivity contribution is 7.99. The fraction of sp³-hybridized carbons (Fsp3) is 0.312. The molecule has 1 N–H and O–H groups in total. The van der Waals surface area contributed by atoms with Gasteiger partial charge in [-0.05, 0) is 30.2 Å². The Morgan fingerprint density at radius 3 is 3.05 bits per heavy atom. The van der Waals surface area contributed by atoms with Crippen molar-refractivity contribution < 1.29 is 9.21 Å². The smallest absolute Gasteiger partial charge is 0.318 e. The van der Waals surface area contributed by atoms with Crippen molar-refractivity contribution in [1.82, 2.24) is 10.2 Å². The van der Waals surface area contributed by atoms with Gasteiger partial charge in [0.05, 0.1) is 18.8 Å². The predicted octanol–water partition coefficient (Wildman–Crippen LogP) is 3.66. The topological polar surface area (TPSA) is 45.5 Å². The van der Waals surface area contributed by atoms with E-state index in [1.165, 1.54) is 10.5 Å². The molecular formula is C16H18N2O2S. The van der Waals surface area contributed by atoms with Gasteiger partial charge in [0.25, 0.3) is 0 Å². The molecule has 0 saturated heterocycles. The predicted molar refractivity (Wildman–Crippen MR) is 83.2 cm³/mol. The zero-order valence-electron chi connectivity index (χ0n) is 11.9. The minimum Gasteiger partial charge on any atom is -0.467 e. The van der Waals surface area contributed by atoms with Crippen molar-refractivity contribution in [1.29, 1.82) is 0 Å². The highest BCUT2D eigenvalue weighted by Crippen LogP contribution is 2.35. The molecule has 0 saturated carbocycles. The van der Waals surface area contributed by atoms with E-state index in [9.17, 15) is 4.79 Å². The summed E-state index contributed by atoms with van der Waals surface area (Å²) in [6.07, 6.45) is 2.58. The summed E-state index contributed by atoms with van der Waals surface area (Å²) < 4.78 is 5.28. The standard InChI is InChI=1S/C16H18N2O2S/c1-18(11-12-5-4-9-20-12)16(19)17-14-8-10-21-15-7-3-2-6-13(14)15/h2-7,9,14H,8,10-11H2,1H3,(H,17,19)/t14-/m0/s1. The Morgan fingerprint density at radius 1 is 1.38 bits per heavy atom. The first-order valence-electron chi connectivity index (χ1n) is 7.00. The van der Waals surface area contributed by atoms with Crippen molar-refractivity contribution in [3.63, 3.8) is 0 Å². The van der Waals surface area contributed by atoms with Crippen LogP contribution >= 0.6 is 11.8 Å². The molecule has 0 spiro atoms. The highest BCUT2D eigenvalue weighted by atomic mass is 32.2. The molecule has 3 rings (SSSR count). The number of fused-ring (bicyclic) bond motifs is 1. The van der Waals surface area contributed by atoms with E-state index >= 15 is 0 Å². The largest absolute Gasteiger partial charge is 0.467 e. The lowest BCUT2D eigenvalue weighted by Crippen LogP contribution is -2.39. The molecular weight excluding hydrogens is 284 g/mol. The average molecular weight is 302 g/mol. The van der Waals surface area contributed by atoms with Crippen LogP contribution in [0.1, 0.15) is 23.8 Å². The van der Waals surface area contributed by atoms with Gasteiger partial charge in [0.1, 0.15) is 5.76 Å². The van der Waals surface area contributed by atoms with Gasteiger partial charge >= 0.3 is 6.03 Å². The van der Waals surface area contributed by atoms with Crippen molar-refractivity contribution in [2.24, 2.45) is 0 Å². The van der Waals surface area contributed by atoms with Crippen LogP contribution in [0, 0.1) is 0 Å². The number of benzene rings is 1. The molecule has 1 aromatic carbocycles. The number of amides is 2. The van der Waals surface area contributed by atoms with Crippen LogP contribution in [0.15, 0.2) is 52.0 Å². The number of nitrogens with zero attached hydrogens (tertiary/aromatic N) is 1. The normalized spacial score (nSPS) is 17.1. The third kappa shape index (κ3) is 3.24. The van der Waals surface area contributed by atoms with Crippen molar-refractivity contribution in [3.05, 3.63) is 54.0 Å². The molecule has 4 nitrogen and oxygen atoms in total. The zero-order chi connectivity index (χ0) is 14.7. The molecule has 1 atom stereocenters. The third-order valence-corrected chi connectivity index (χ3v) is 4.70. The van der Waals surface area contributed by atoms with Crippen molar-refractivity contribution >= 4 is 17.8 Å². The second-order valence-corrected chi connectivity index (χ2v) is 6.25. The Balaban J connectivity index is 1.65. The van der Waals surface area contributed by atoms with Crippen LogP contribution in [0.3, 0.4) is 0 Å². The van der Waals surface area contributed by atoms with Crippen LogP contribution in [-0.2, 0) is 6.54 Å². The summed E-state index contributed by atoms with van der Waals surface area (Å²) in [5, 5.41) is 3.12. The Bertz CT molecular complexity index is 612. The molecule has 0 radical (unpaired) electrons. The van der Waals surface area contributed by atoms with Crippen LogP contribution in [-0.4, -0.2) is 23.7 Å². The second kappa shape index (κ2) is 6.26. The Morgan fingerprint density at radius 2 is 2.24 bits per heavy atom. The van der Waals surface area contributed by atoms with Gasteiger partial charge in [-0.3, -0.25) is 0 Å². The summed E-state index contributed by atoms with van der Waals surface area (Å²) in [4.78, 5) is 15.2. The molecule has 0 unspecified atom stereocenters. The molecule has 2 amide bonds. The lowest BCUT2D eigenvalue weighted by atomic mass is 10.0. The molecule has 1 aliphatic rings. The van der Waals surface area contributed by atoms with Crippen molar-refractivity contribution in [2.75, 3.05) is 12.8 Å². The van der Waals surface area contributed by atoms with Crippen LogP contribution in [0.4, 0.5) is 4.79 Å². The number of rotatable bonds is 3. The quantitative estimate of drug-likeness (QED) is 0.941. The highest BCUT2D eigenvalue weighted by Gasteiger charge is 2.23. The summed E-state index contributed by atoms with van der Waals surface area (Å²) in [5.41, 5.74) is 1.22. The second-order valence-electron chi connectivity index (χ2n) is 5.11. The molecule has 21 heavy (non-hydrogen) atoms. The minimum absolute atomic E-state index is 0.0712. The zero-order valence-corrected chi connectivity index (χ0v) is 12.7. The molecule has 5 heteroatoms. The van der Waals surface area contributed by atoms with Gasteiger partial charge in [-0.15, -0.1) is 11.8 Å². The molecule has 110 valence electrons. The summed E-state index contributed by atoms with van der Waals surface area (Å²) in [7, 11) is 1.78. The number of carbonyl (C=O) groups is 1. The lowest BCUT2D eigenvalue weighted by Gasteiger charge is -2.28. The number of furan rings is 1. The Hall–Kier alpha value is -1.88. The summed E-state index contributed by atoms with van der Waals surface area (Å²) in [6, 6.07) is 12.0. The Labute approximate surface area is 128 Å². The molecule has 0 bridgehead atoms. The van der Waals surface area contributed by atoms with Crippen molar-refractivity contribution in [2.45, 2.75) is 23.9 Å². The third-order valence-electron chi connectivity index (χ3n) is 3.58. The molecule has 1 aliphatic heterocycles. The number of carbonyl (C=O) groups excluding carboxylic acids is 1. The Kier molecular flexibility index (Phi) is 4.20. The van der Waals surface area contributed by atoms with Crippen LogP contribution in [0.25, 0.3) is 0 Å². The SMILES string of the molecule is CN(Cc1ccco1)C(=O)N[C@H]1CCSc2ccccc21.